The summed E-state index contributed by atoms with van der Waals surface area (Å²) < 4.78 is 0. The van der Waals surface area contributed by atoms with Crippen LogP contribution >= 0.6 is 35.3 Å². The molecular formula is C23H25Cl2N5O2S. The number of amides is 2. The molecule has 0 fully saturated rings. The second kappa shape index (κ2) is 9.85. The van der Waals surface area contributed by atoms with Gasteiger partial charge in [-0.3, -0.25) is 9.59 Å². The minimum Gasteiger partial charge on any atom is -0.351 e. The summed E-state index contributed by atoms with van der Waals surface area (Å²) >= 11 is 7.52. The van der Waals surface area contributed by atoms with Gasteiger partial charge in [-0.05, 0) is 44.2 Å². The van der Waals surface area contributed by atoms with Gasteiger partial charge in [0.1, 0.15) is 5.69 Å². The third-order valence-electron chi connectivity index (χ3n) is 6.01. The molecule has 5 rings (SSSR count). The van der Waals surface area contributed by atoms with Gasteiger partial charge in [0.05, 0.1) is 17.8 Å². The van der Waals surface area contributed by atoms with E-state index in [-0.39, 0.29) is 36.3 Å². The van der Waals surface area contributed by atoms with E-state index >= 15 is 0 Å². The number of likely N-dealkylation sites (N-methyl/N-ethyl adjacent to an activating group) is 1. The standard InChI is InChI=1S/C23H24ClN5O2S.ClH/c1-29-9-8-18-20(12-29)32-23(28-18)22(31)27-17-5-3-2-4-16(17)26-21(30)19-11-13-10-14(24)6-7-15(13)25-19;/h2-3,6-7,10-11,16-17,25H,4-5,8-9,12H2,1H3,(H,26,30)(H,27,31);1H/t16-,17+;/m0./s1. The number of carbonyl (C=O) groups excluding carboxylic acids is 2. The highest BCUT2D eigenvalue weighted by Gasteiger charge is 2.29. The predicted molar refractivity (Wildman–Crippen MR) is 134 cm³/mol. The van der Waals surface area contributed by atoms with Crippen LogP contribution in [0.25, 0.3) is 10.9 Å². The maximum atomic E-state index is 12.9. The number of thiazole rings is 1. The zero-order valence-electron chi connectivity index (χ0n) is 18.1. The Kier molecular flexibility index (Phi) is 7.09. The molecule has 3 aromatic rings. The summed E-state index contributed by atoms with van der Waals surface area (Å²) in [7, 11) is 2.08. The lowest BCUT2D eigenvalue weighted by molar-refractivity contribution is 0.0878. The van der Waals surface area contributed by atoms with Crippen molar-refractivity contribution in [2.24, 2.45) is 0 Å². The third kappa shape index (κ3) is 5.09. The van der Waals surface area contributed by atoms with Gasteiger partial charge in [0.2, 0.25) is 0 Å². The minimum absolute atomic E-state index is 0. The van der Waals surface area contributed by atoms with Crippen molar-refractivity contribution in [3.8, 4) is 0 Å². The van der Waals surface area contributed by atoms with Crippen LogP contribution in [-0.2, 0) is 13.0 Å². The first-order chi connectivity index (χ1) is 15.5. The number of H-pyrrole nitrogens is 1. The molecule has 1 aliphatic heterocycles. The number of aromatic nitrogens is 2. The predicted octanol–water partition coefficient (Wildman–Crippen LogP) is 3.93. The number of nitrogens with one attached hydrogen (secondary N) is 3. The van der Waals surface area contributed by atoms with Gasteiger partial charge in [-0.1, -0.05) is 23.8 Å². The highest BCUT2D eigenvalue weighted by molar-refractivity contribution is 7.13. The molecule has 33 heavy (non-hydrogen) atoms. The first-order valence-corrected chi connectivity index (χ1v) is 11.9. The molecule has 174 valence electrons. The molecule has 10 heteroatoms. The number of hydrogen-bond donors (Lipinski definition) is 3. The number of fused-ring (bicyclic) bond motifs is 2. The Hall–Kier alpha value is -2.39. The average Bonchev–Trinajstić information content (AvgIpc) is 3.38. The van der Waals surface area contributed by atoms with Crippen LogP contribution in [0.5, 0.6) is 0 Å². The maximum Gasteiger partial charge on any atom is 0.280 e. The fourth-order valence-corrected chi connectivity index (χ4v) is 5.53. The second-order valence-corrected chi connectivity index (χ2v) is 9.91. The summed E-state index contributed by atoms with van der Waals surface area (Å²) in [5, 5.41) is 8.18. The highest BCUT2D eigenvalue weighted by Crippen LogP contribution is 2.25. The summed E-state index contributed by atoms with van der Waals surface area (Å²) in [6, 6.07) is 6.85. The normalized spacial score (nSPS) is 20.2. The first kappa shape index (κ1) is 23.8. The molecule has 2 aromatic heterocycles. The number of aromatic amines is 1. The van der Waals surface area contributed by atoms with Crippen LogP contribution in [0.1, 0.15) is 43.7 Å². The molecule has 3 N–H and O–H groups in total. The molecule has 1 aromatic carbocycles. The summed E-state index contributed by atoms with van der Waals surface area (Å²) in [6.07, 6.45) is 6.27. The van der Waals surface area contributed by atoms with Crippen molar-refractivity contribution in [2.45, 2.75) is 37.9 Å². The van der Waals surface area contributed by atoms with E-state index in [9.17, 15) is 9.59 Å². The van der Waals surface area contributed by atoms with Crippen LogP contribution < -0.4 is 10.6 Å². The van der Waals surface area contributed by atoms with Crippen LogP contribution in [0.15, 0.2) is 36.4 Å². The molecule has 0 saturated carbocycles. The fraction of sp³-hybridized carbons (Fsp3) is 0.348. The van der Waals surface area contributed by atoms with Crippen molar-refractivity contribution >= 4 is 58.1 Å². The molecule has 0 spiro atoms. The van der Waals surface area contributed by atoms with Crippen LogP contribution in [0.3, 0.4) is 0 Å². The van der Waals surface area contributed by atoms with E-state index in [1.54, 1.807) is 12.1 Å². The van der Waals surface area contributed by atoms with Gasteiger partial charge >= 0.3 is 0 Å². The van der Waals surface area contributed by atoms with E-state index < -0.39 is 0 Å². The average molecular weight is 506 g/mol. The van der Waals surface area contributed by atoms with Crippen LogP contribution in [0, 0.1) is 0 Å². The second-order valence-electron chi connectivity index (χ2n) is 8.39. The van der Waals surface area contributed by atoms with Gasteiger partial charge in [0, 0.05) is 40.3 Å². The molecule has 2 amide bonds. The Bertz CT molecular complexity index is 1220. The highest BCUT2D eigenvalue weighted by atomic mass is 35.5. The summed E-state index contributed by atoms with van der Waals surface area (Å²) in [5.41, 5.74) is 2.36. The van der Waals surface area contributed by atoms with E-state index in [1.165, 1.54) is 11.3 Å². The SMILES string of the molecule is CN1CCc2nc(C(=O)N[C@@H]3CC=CC[C@@H]3NC(=O)c3cc4cc(Cl)ccc4[nH]3)sc2C1.Cl. The molecule has 1 aliphatic carbocycles. The fourth-order valence-electron chi connectivity index (χ4n) is 4.26. The van der Waals surface area contributed by atoms with Crippen molar-refractivity contribution in [3.63, 3.8) is 0 Å². The van der Waals surface area contributed by atoms with Gasteiger partial charge in [0.15, 0.2) is 5.01 Å². The molecule has 0 unspecified atom stereocenters. The molecule has 2 atom stereocenters. The smallest absolute Gasteiger partial charge is 0.280 e. The number of rotatable bonds is 4. The zero-order chi connectivity index (χ0) is 22.2. The Morgan fingerprint density at radius 3 is 2.64 bits per heavy atom. The number of hydrogen-bond acceptors (Lipinski definition) is 5. The van der Waals surface area contributed by atoms with Crippen molar-refractivity contribution in [1.82, 2.24) is 25.5 Å². The topological polar surface area (TPSA) is 90.1 Å². The summed E-state index contributed by atoms with van der Waals surface area (Å²) in [4.78, 5) is 36.9. The van der Waals surface area contributed by atoms with Gasteiger partial charge in [0.25, 0.3) is 11.8 Å². The monoisotopic (exact) mass is 505 g/mol. The number of carbonyl (C=O) groups is 2. The lowest BCUT2D eigenvalue weighted by Crippen LogP contribution is -2.52. The van der Waals surface area contributed by atoms with E-state index in [0.717, 1.165) is 41.0 Å². The Morgan fingerprint density at radius 1 is 1.15 bits per heavy atom. The van der Waals surface area contributed by atoms with E-state index in [1.807, 2.05) is 24.3 Å². The molecule has 0 radical (unpaired) electrons. The minimum atomic E-state index is -0.204. The van der Waals surface area contributed by atoms with Gasteiger partial charge < -0.3 is 20.5 Å². The maximum absolute atomic E-state index is 12.9. The summed E-state index contributed by atoms with van der Waals surface area (Å²) in [6.45, 7) is 1.79. The van der Waals surface area contributed by atoms with Crippen molar-refractivity contribution in [1.29, 1.82) is 0 Å². The van der Waals surface area contributed by atoms with Gasteiger partial charge in [-0.25, -0.2) is 4.98 Å². The largest absolute Gasteiger partial charge is 0.351 e. The molecular weight excluding hydrogens is 481 g/mol. The van der Waals surface area contributed by atoms with E-state index in [2.05, 4.69) is 32.5 Å². The Labute approximate surface area is 207 Å². The Morgan fingerprint density at radius 2 is 1.88 bits per heavy atom. The van der Waals surface area contributed by atoms with Gasteiger partial charge in [-0.15, -0.1) is 23.7 Å². The molecule has 7 nitrogen and oxygen atoms in total. The quantitative estimate of drug-likeness (QED) is 0.468. The van der Waals surface area contributed by atoms with E-state index in [0.29, 0.717) is 28.6 Å². The van der Waals surface area contributed by atoms with Gasteiger partial charge in [-0.2, -0.15) is 0 Å². The number of benzene rings is 1. The lowest BCUT2D eigenvalue weighted by Gasteiger charge is -2.29. The molecule has 2 aliphatic rings. The van der Waals surface area contributed by atoms with Crippen LogP contribution in [0.4, 0.5) is 0 Å². The first-order valence-electron chi connectivity index (χ1n) is 10.7. The van der Waals surface area contributed by atoms with Crippen molar-refractivity contribution < 1.29 is 9.59 Å². The molecule has 3 heterocycles. The molecule has 0 bridgehead atoms. The Balaban J connectivity index is 0.00000259. The van der Waals surface area contributed by atoms with Crippen molar-refractivity contribution in [2.75, 3.05) is 13.6 Å². The number of nitrogens with zero attached hydrogens (tertiary/aromatic N) is 2. The third-order valence-corrected chi connectivity index (χ3v) is 7.33. The lowest BCUT2D eigenvalue weighted by atomic mass is 9.95. The van der Waals surface area contributed by atoms with Crippen molar-refractivity contribution in [3.05, 3.63) is 62.7 Å². The summed E-state index contributed by atoms with van der Waals surface area (Å²) in [5.74, 6) is -0.378. The number of halogens is 2. The van der Waals surface area contributed by atoms with Crippen LogP contribution in [0.2, 0.25) is 5.02 Å². The van der Waals surface area contributed by atoms with Crippen LogP contribution in [-0.4, -0.2) is 52.4 Å². The molecule has 0 saturated heterocycles. The zero-order valence-corrected chi connectivity index (χ0v) is 20.4. The van der Waals surface area contributed by atoms with E-state index in [4.69, 9.17) is 11.6 Å².